The fourth-order valence-corrected chi connectivity index (χ4v) is 4.42. The van der Waals surface area contributed by atoms with Crippen LogP contribution in [0.3, 0.4) is 0 Å². The van der Waals surface area contributed by atoms with Gasteiger partial charge in [0.25, 0.3) is 0 Å². The average Bonchev–Trinajstić information content (AvgIpc) is 2.55. The summed E-state index contributed by atoms with van der Waals surface area (Å²) in [5, 5.41) is 3.37. The van der Waals surface area contributed by atoms with Crippen LogP contribution >= 0.6 is 0 Å². The number of methoxy groups -OCH3 is 1. The van der Waals surface area contributed by atoms with Crippen LogP contribution in [0.25, 0.3) is 0 Å². The molecule has 1 aromatic carbocycles. The van der Waals surface area contributed by atoms with Gasteiger partial charge < -0.3 is 15.0 Å². The molecule has 19 heavy (non-hydrogen) atoms. The Morgan fingerprint density at radius 2 is 2.26 bits per heavy atom. The molecular formula is C13H18N2O3S. The first-order valence-corrected chi connectivity index (χ1v) is 8.30. The predicted octanol–water partition coefficient (Wildman–Crippen LogP) is 1.11. The van der Waals surface area contributed by atoms with Crippen molar-refractivity contribution in [1.29, 1.82) is 0 Å². The maximum Gasteiger partial charge on any atom is 0.154 e. The van der Waals surface area contributed by atoms with Gasteiger partial charge in [-0.2, -0.15) is 0 Å². The third kappa shape index (κ3) is 2.36. The molecule has 1 aromatic rings. The molecule has 0 bridgehead atoms. The van der Waals surface area contributed by atoms with Crippen molar-refractivity contribution in [2.75, 3.05) is 41.9 Å². The molecule has 2 aliphatic rings. The van der Waals surface area contributed by atoms with Crippen molar-refractivity contribution in [1.82, 2.24) is 0 Å². The molecule has 6 heteroatoms. The summed E-state index contributed by atoms with van der Waals surface area (Å²) in [7, 11) is -1.23. The number of benzene rings is 1. The molecule has 3 rings (SSSR count). The van der Waals surface area contributed by atoms with E-state index in [4.69, 9.17) is 4.74 Å². The van der Waals surface area contributed by atoms with E-state index in [0.29, 0.717) is 6.54 Å². The highest BCUT2D eigenvalue weighted by atomic mass is 32.2. The molecule has 0 spiro atoms. The molecule has 0 saturated carbocycles. The molecule has 1 saturated heterocycles. The standard InChI is InChI=1S/C13H18N2O3S/c1-18-11-2-3-13-12(8-11)14-5-4-10-9-19(16,17)7-6-15(10)13/h2-3,8,10,14H,4-7,9H2,1H3. The lowest BCUT2D eigenvalue weighted by atomic mass is 10.1. The zero-order valence-electron chi connectivity index (χ0n) is 10.9. The molecule has 1 unspecified atom stereocenters. The van der Waals surface area contributed by atoms with Gasteiger partial charge in [-0.3, -0.25) is 0 Å². The van der Waals surface area contributed by atoms with Gasteiger partial charge in [-0.1, -0.05) is 0 Å². The van der Waals surface area contributed by atoms with Crippen molar-refractivity contribution < 1.29 is 13.2 Å². The van der Waals surface area contributed by atoms with E-state index in [1.165, 1.54) is 0 Å². The number of hydrogen-bond donors (Lipinski definition) is 1. The van der Waals surface area contributed by atoms with Gasteiger partial charge in [0, 0.05) is 25.2 Å². The lowest BCUT2D eigenvalue weighted by Crippen LogP contribution is -2.48. The topological polar surface area (TPSA) is 58.6 Å². The van der Waals surface area contributed by atoms with Crippen LogP contribution in [0.5, 0.6) is 5.75 Å². The highest BCUT2D eigenvalue weighted by molar-refractivity contribution is 7.91. The van der Waals surface area contributed by atoms with E-state index >= 15 is 0 Å². The molecule has 0 aromatic heterocycles. The zero-order chi connectivity index (χ0) is 13.5. The summed E-state index contributed by atoms with van der Waals surface area (Å²) in [5.74, 6) is 1.32. The average molecular weight is 282 g/mol. The van der Waals surface area contributed by atoms with Crippen LogP contribution in [0.15, 0.2) is 18.2 Å². The number of nitrogens with zero attached hydrogens (tertiary/aromatic N) is 1. The number of hydrogen-bond acceptors (Lipinski definition) is 5. The van der Waals surface area contributed by atoms with E-state index in [1.807, 2.05) is 18.2 Å². The Morgan fingerprint density at radius 3 is 3.05 bits per heavy atom. The smallest absolute Gasteiger partial charge is 0.154 e. The molecule has 1 fully saturated rings. The molecule has 0 radical (unpaired) electrons. The van der Waals surface area contributed by atoms with Gasteiger partial charge in [-0.15, -0.1) is 0 Å². The Kier molecular flexibility index (Phi) is 3.05. The van der Waals surface area contributed by atoms with Crippen molar-refractivity contribution >= 4 is 21.2 Å². The number of rotatable bonds is 1. The Bertz CT molecular complexity index is 586. The number of fused-ring (bicyclic) bond motifs is 3. The summed E-state index contributed by atoms with van der Waals surface area (Å²) in [5.41, 5.74) is 2.11. The van der Waals surface area contributed by atoms with Crippen LogP contribution in [-0.4, -0.2) is 46.2 Å². The lowest BCUT2D eigenvalue weighted by Gasteiger charge is -2.36. The molecule has 104 valence electrons. The second-order valence-electron chi connectivity index (χ2n) is 5.06. The Hall–Kier alpha value is -1.43. The quantitative estimate of drug-likeness (QED) is 0.836. The van der Waals surface area contributed by atoms with E-state index < -0.39 is 9.84 Å². The molecule has 1 atom stereocenters. The molecular weight excluding hydrogens is 264 g/mol. The summed E-state index contributed by atoms with van der Waals surface area (Å²) >= 11 is 0. The van der Waals surface area contributed by atoms with Gasteiger partial charge >= 0.3 is 0 Å². The molecule has 2 aliphatic heterocycles. The predicted molar refractivity (Wildman–Crippen MR) is 75.9 cm³/mol. The van der Waals surface area contributed by atoms with Crippen molar-refractivity contribution in [2.24, 2.45) is 0 Å². The third-order valence-corrected chi connectivity index (χ3v) is 5.53. The van der Waals surface area contributed by atoms with Crippen LogP contribution in [0, 0.1) is 0 Å². The normalized spacial score (nSPS) is 24.7. The minimum Gasteiger partial charge on any atom is -0.497 e. The second-order valence-corrected chi connectivity index (χ2v) is 7.29. The van der Waals surface area contributed by atoms with Gasteiger partial charge in [-0.25, -0.2) is 8.42 Å². The fraction of sp³-hybridized carbons (Fsp3) is 0.538. The Morgan fingerprint density at radius 1 is 1.42 bits per heavy atom. The van der Waals surface area contributed by atoms with Gasteiger partial charge in [0.2, 0.25) is 0 Å². The second kappa shape index (κ2) is 4.59. The number of ether oxygens (including phenoxy) is 1. The van der Waals surface area contributed by atoms with E-state index in [-0.39, 0.29) is 17.5 Å². The van der Waals surface area contributed by atoms with Crippen LogP contribution in [0.4, 0.5) is 11.4 Å². The first-order chi connectivity index (χ1) is 9.09. The number of sulfone groups is 1. The highest BCUT2D eigenvalue weighted by Gasteiger charge is 2.33. The Labute approximate surface area is 113 Å². The van der Waals surface area contributed by atoms with Crippen molar-refractivity contribution in [3.63, 3.8) is 0 Å². The largest absolute Gasteiger partial charge is 0.497 e. The number of nitrogens with one attached hydrogen (secondary N) is 1. The van der Waals surface area contributed by atoms with E-state index in [9.17, 15) is 8.42 Å². The summed E-state index contributed by atoms with van der Waals surface area (Å²) < 4.78 is 28.8. The van der Waals surface area contributed by atoms with Gasteiger partial charge in [0.15, 0.2) is 9.84 Å². The van der Waals surface area contributed by atoms with Crippen LogP contribution < -0.4 is 15.0 Å². The van der Waals surface area contributed by atoms with Crippen LogP contribution in [0.2, 0.25) is 0 Å². The van der Waals surface area contributed by atoms with Crippen LogP contribution in [0.1, 0.15) is 6.42 Å². The fourth-order valence-electron chi connectivity index (χ4n) is 2.85. The van der Waals surface area contributed by atoms with E-state index in [2.05, 4.69) is 10.2 Å². The lowest BCUT2D eigenvalue weighted by molar-refractivity contribution is 0.415. The van der Waals surface area contributed by atoms with E-state index in [0.717, 1.165) is 30.1 Å². The minimum atomic E-state index is -2.88. The number of anilines is 2. The van der Waals surface area contributed by atoms with Gasteiger partial charge in [0.1, 0.15) is 5.75 Å². The molecule has 0 aliphatic carbocycles. The van der Waals surface area contributed by atoms with Crippen molar-refractivity contribution in [3.8, 4) is 5.75 Å². The summed E-state index contributed by atoms with van der Waals surface area (Å²) in [4.78, 5) is 2.22. The maximum atomic E-state index is 11.8. The SMILES string of the molecule is COc1ccc2c(c1)NCCC1CS(=O)(=O)CCN21. The van der Waals surface area contributed by atoms with E-state index in [1.54, 1.807) is 7.11 Å². The molecule has 5 nitrogen and oxygen atoms in total. The molecule has 1 N–H and O–H groups in total. The Balaban J connectivity index is 1.98. The van der Waals surface area contributed by atoms with Gasteiger partial charge in [0.05, 0.1) is 30.0 Å². The summed E-state index contributed by atoms with van der Waals surface area (Å²) in [6, 6.07) is 5.99. The monoisotopic (exact) mass is 282 g/mol. The van der Waals surface area contributed by atoms with Gasteiger partial charge in [-0.05, 0) is 18.6 Å². The van der Waals surface area contributed by atoms with Crippen molar-refractivity contribution in [3.05, 3.63) is 18.2 Å². The minimum absolute atomic E-state index is 0.0842. The zero-order valence-corrected chi connectivity index (χ0v) is 11.7. The maximum absolute atomic E-state index is 11.8. The molecule has 2 heterocycles. The summed E-state index contributed by atoms with van der Waals surface area (Å²) in [6.45, 7) is 1.37. The van der Waals surface area contributed by atoms with Crippen LogP contribution in [-0.2, 0) is 9.84 Å². The highest BCUT2D eigenvalue weighted by Crippen LogP contribution is 2.35. The molecule has 0 amide bonds. The summed E-state index contributed by atoms with van der Waals surface area (Å²) in [6.07, 6.45) is 0.843. The third-order valence-electron chi connectivity index (χ3n) is 3.84. The first kappa shape index (κ1) is 12.6. The van der Waals surface area contributed by atoms with Crippen molar-refractivity contribution in [2.45, 2.75) is 12.5 Å². The first-order valence-electron chi connectivity index (χ1n) is 6.48.